The molecular weight excluding hydrogens is 377 g/mol. The largest absolute Gasteiger partial charge is 0.497 e. The van der Waals surface area contributed by atoms with Gasteiger partial charge in [0.15, 0.2) is 0 Å². The highest BCUT2D eigenvalue weighted by Gasteiger charge is 2.35. The number of benzene rings is 2. The summed E-state index contributed by atoms with van der Waals surface area (Å²) in [5.74, 6) is 1.32. The van der Waals surface area contributed by atoms with Gasteiger partial charge in [0.25, 0.3) is 5.91 Å². The van der Waals surface area contributed by atoms with E-state index in [1.165, 1.54) is 26.4 Å². The van der Waals surface area contributed by atoms with E-state index in [1.54, 1.807) is 35.2 Å². The van der Waals surface area contributed by atoms with Crippen molar-refractivity contribution in [3.8, 4) is 22.9 Å². The van der Waals surface area contributed by atoms with E-state index in [9.17, 15) is 9.18 Å². The Balaban J connectivity index is 1.60. The fraction of sp³-hybridized carbons (Fsp3) is 0.286. The number of nitrogens with zero attached hydrogens (tertiary/aromatic N) is 3. The van der Waals surface area contributed by atoms with E-state index >= 15 is 0 Å². The second kappa shape index (κ2) is 7.90. The molecule has 3 aromatic rings. The maximum absolute atomic E-state index is 13.2. The quantitative estimate of drug-likeness (QED) is 0.650. The van der Waals surface area contributed by atoms with Crippen LogP contribution in [0.3, 0.4) is 0 Å². The van der Waals surface area contributed by atoms with Gasteiger partial charge in [-0.25, -0.2) is 4.39 Å². The van der Waals surface area contributed by atoms with Gasteiger partial charge in [-0.15, -0.1) is 0 Å². The van der Waals surface area contributed by atoms with Crippen LogP contribution in [0.4, 0.5) is 4.39 Å². The van der Waals surface area contributed by atoms with Gasteiger partial charge in [0.05, 0.1) is 14.2 Å². The summed E-state index contributed by atoms with van der Waals surface area (Å²) in [7, 11) is 3.08. The van der Waals surface area contributed by atoms with Gasteiger partial charge in [-0.05, 0) is 49.2 Å². The van der Waals surface area contributed by atoms with Gasteiger partial charge in [-0.2, -0.15) is 4.98 Å². The Morgan fingerprint density at radius 1 is 1.14 bits per heavy atom. The van der Waals surface area contributed by atoms with Crippen molar-refractivity contribution in [2.75, 3.05) is 20.8 Å². The van der Waals surface area contributed by atoms with Gasteiger partial charge < -0.3 is 18.9 Å². The molecule has 0 bridgehead atoms. The van der Waals surface area contributed by atoms with E-state index in [0.717, 1.165) is 12.8 Å². The van der Waals surface area contributed by atoms with Crippen LogP contribution in [-0.4, -0.2) is 41.7 Å². The van der Waals surface area contributed by atoms with E-state index in [4.69, 9.17) is 14.0 Å². The summed E-state index contributed by atoms with van der Waals surface area (Å²) in [4.78, 5) is 19.3. The van der Waals surface area contributed by atoms with Crippen LogP contribution >= 0.6 is 0 Å². The SMILES string of the molecule is COc1cc(OC)cc(C(=O)N2CCC[C@@H]2c2nc(-c3ccc(F)cc3)no2)c1. The van der Waals surface area contributed by atoms with Crippen molar-refractivity contribution in [2.45, 2.75) is 18.9 Å². The monoisotopic (exact) mass is 397 g/mol. The zero-order chi connectivity index (χ0) is 20.4. The first-order valence-corrected chi connectivity index (χ1v) is 9.22. The second-order valence-corrected chi connectivity index (χ2v) is 6.72. The zero-order valence-electron chi connectivity index (χ0n) is 16.1. The highest BCUT2D eigenvalue weighted by Crippen LogP contribution is 2.34. The third-order valence-corrected chi connectivity index (χ3v) is 4.94. The fourth-order valence-electron chi connectivity index (χ4n) is 3.45. The molecule has 4 rings (SSSR count). The minimum atomic E-state index is -0.334. The number of rotatable bonds is 5. The molecule has 1 saturated heterocycles. The number of likely N-dealkylation sites (tertiary alicyclic amines) is 1. The van der Waals surface area contributed by atoms with Gasteiger partial charge in [-0.1, -0.05) is 5.16 Å². The van der Waals surface area contributed by atoms with E-state index in [-0.39, 0.29) is 17.8 Å². The summed E-state index contributed by atoms with van der Waals surface area (Å²) in [6, 6.07) is 10.6. The van der Waals surface area contributed by atoms with Crippen LogP contribution in [0.1, 0.15) is 35.1 Å². The predicted octanol–water partition coefficient (Wildman–Crippen LogP) is 3.87. The maximum Gasteiger partial charge on any atom is 0.254 e. The van der Waals surface area contributed by atoms with Crippen LogP contribution in [0.25, 0.3) is 11.4 Å². The van der Waals surface area contributed by atoms with Crippen LogP contribution in [0.15, 0.2) is 47.0 Å². The van der Waals surface area contributed by atoms with Crippen molar-refractivity contribution in [1.82, 2.24) is 15.0 Å². The fourth-order valence-corrected chi connectivity index (χ4v) is 3.45. The summed E-state index contributed by atoms with van der Waals surface area (Å²) < 4.78 is 29.1. The minimum Gasteiger partial charge on any atom is -0.497 e. The Hall–Kier alpha value is -3.42. The number of hydrogen-bond donors (Lipinski definition) is 0. The Bertz CT molecular complexity index is 997. The third-order valence-electron chi connectivity index (χ3n) is 4.94. The van der Waals surface area contributed by atoms with Crippen LogP contribution in [0.2, 0.25) is 0 Å². The summed E-state index contributed by atoms with van der Waals surface area (Å²) in [5.41, 5.74) is 1.11. The third kappa shape index (κ3) is 3.78. The number of ether oxygens (including phenoxy) is 2. The summed E-state index contributed by atoms with van der Waals surface area (Å²) in [6.45, 7) is 0.581. The topological polar surface area (TPSA) is 77.7 Å². The van der Waals surface area contributed by atoms with E-state index in [1.807, 2.05) is 0 Å². The average molecular weight is 397 g/mol. The minimum absolute atomic E-state index is 0.161. The number of aromatic nitrogens is 2. The van der Waals surface area contributed by atoms with Crippen LogP contribution in [0, 0.1) is 5.82 Å². The molecule has 1 atom stereocenters. The Morgan fingerprint density at radius 2 is 1.83 bits per heavy atom. The first-order chi connectivity index (χ1) is 14.1. The van der Waals surface area contributed by atoms with Gasteiger partial charge >= 0.3 is 0 Å². The molecule has 1 fully saturated rings. The first kappa shape index (κ1) is 18.9. The molecule has 0 saturated carbocycles. The highest BCUT2D eigenvalue weighted by molar-refractivity contribution is 5.95. The normalized spacial score (nSPS) is 16.1. The van der Waals surface area contributed by atoms with Crippen LogP contribution < -0.4 is 9.47 Å². The smallest absolute Gasteiger partial charge is 0.254 e. The predicted molar refractivity (Wildman–Crippen MR) is 102 cm³/mol. The van der Waals surface area contributed by atoms with Crippen molar-refractivity contribution in [2.24, 2.45) is 0 Å². The molecule has 0 N–H and O–H groups in total. The van der Waals surface area contributed by atoms with E-state index in [0.29, 0.717) is 40.9 Å². The highest BCUT2D eigenvalue weighted by atomic mass is 19.1. The van der Waals surface area contributed by atoms with Crippen molar-refractivity contribution in [1.29, 1.82) is 0 Å². The molecule has 1 aliphatic heterocycles. The molecule has 1 aromatic heterocycles. The van der Waals surface area contributed by atoms with Crippen LogP contribution in [-0.2, 0) is 0 Å². The molecule has 8 heteroatoms. The molecule has 1 aliphatic rings. The lowest BCUT2D eigenvalue weighted by Crippen LogP contribution is -2.30. The number of amides is 1. The zero-order valence-corrected chi connectivity index (χ0v) is 16.1. The molecule has 7 nitrogen and oxygen atoms in total. The second-order valence-electron chi connectivity index (χ2n) is 6.72. The number of carbonyl (C=O) groups is 1. The first-order valence-electron chi connectivity index (χ1n) is 9.22. The van der Waals surface area contributed by atoms with Crippen molar-refractivity contribution >= 4 is 5.91 Å². The average Bonchev–Trinajstić information content (AvgIpc) is 3.42. The lowest BCUT2D eigenvalue weighted by molar-refractivity contribution is 0.0709. The van der Waals surface area contributed by atoms with Crippen LogP contribution in [0.5, 0.6) is 11.5 Å². The number of halogens is 1. The summed E-state index contributed by atoms with van der Waals surface area (Å²) in [6.07, 6.45) is 1.55. The van der Waals surface area contributed by atoms with Gasteiger partial charge in [0.2, 0.25) is 11.7 Å². The van der Waals surface area contributed by atoms with Gasteiger partial charge in [0, 0.05) is 23.7 Å². The number of methoxy groups -OCH3 is 2. The van der Waals surface area contributed by atoms with Gasteiger partial charge in [0.1, 0.15) is 23.4 Å². The molecule has 0 spiro atoms. The molecule has 29 heavy (non-hydrogen) atoms. The number of hydrogen-bond acceptors (Lipinski definition) is 6. The lowest BCUT2D eigenvalue weighted by Gasteiger charge is -2.22. The molecule has 1 amide bonds. The molecule has 150 valence electrons. The van der Waals surface area contributed by atoms with Gasteiger partial charge in [-0.3, -0.25) is 4.79 Å². The Morgan fingerprint density at radius 3 is 2.48 bits per heavy atom. The molecule has 0 radical (unpaired) electrons. The lowest BCUT2D eigenvalue weighted by atomic mass is 10.1. The Kier molecular flexibility index (Phi) is 5.16. The van der Waals surface area contributed by atoms with Crippen molar-refractivity contribution in [3.63, 3.8) is 0 Å². The van der Waals surface area contributed by atoms with E-state index in [2.05, 4.69) is 10.1 Å². The summed E-state index contributed by atoms with van der Waals surface area (Å²) in [5, 5.41) is 4.00. The molecule has 0 unspecified atom stereocenters. The Labute approximate surface area is 167 Å². The summed E-state index contributed by atoms with van der Waals surface area (Å²) >= 11 is 0. The standard InChI is InChI=1S/C21H20FN3O4/c1-27-16-10-14(11-17(12-16)28-2)21(26)25-9-3-4-18(25)20-23-19(24-29-20)13-5-7-15(22)8-6-13/h5-8,10-12,18H,3-4,9H2,1-2H3/t18-/m1/s1. The molecular formula is C21H20FN3O4. The molecule has 0 aliphatic carbocycles. The molecule has 2 aromatic carbocycles. The molecule has 2 heterocycles. The number of carbonyl (C=O) groups excluding carboxylic acids is 1. The van der Waals surface area contributed by atoms with E-state index < -0.39 is 0 Å². The maximum atomic E-state index is 13.2. The van der Waals surface area contributed by atoms with Crippen molar-refractivity contribution < 1.29 is 23.2 Å². The van der Waals surface area contributed by atoms with Crippen molar-refractivity contribution in [3.05, 3.63) is 59.7 Å².